The highest BCUT2D eigenvalue weighted by atomic mass is 16.4. The maximum atomic E-state index is 11.8. The van der Waals surface area contributed by atoms with Crippen molar-refractivity contribution < 1.29 is 14.3 Å². The van der Waals surface area contributed by atoms with E-state index in [9.17, 15) is 9.90 Å². The molecule has 1 aromatic rings. The third-order valence-corrected chi connectivity index (χ3v) is 3.18. The Kier molecular flexibility index (Phi) is 3.16. The lowest BCUT2D eigenvalue weighted by Gasteiger charge is -2.33. The molecule has 2 rings (SSSR count). The van der Waals surface area contributed by atoms with Gasteiger partial charge in [-0.15, -0.1) is 0 Å². The summed E-state index contributed by atoms with van der Waals surface area (Å²) in [6, 6.07) is 5.36. The van der Waals surface area contributed by atoms with Crippen molar-refractivity contribution in [3.8, 4) is 6.07 Å². The maximum Gasteiger partial charge on any atom is 0.240 e. The zero-order valence-corrected chi connectivity index (χ0v) is 9.35. The smallest absolute Gasteiger partial charge is 0.240 e. The van der Waals surface area contributed by atoms with Crippen LogP contribution in [-0.2, 0) is 4.79 Å². The summed E-state index contributed by atoms with van der Waals surface area (Å²) in [4.78, 5) is 11.8. The van der Waals surface area contributed by atoms with Gasteiger partial charge >= 0.3 is 0 Å². The first-order valence-corrected chi connectivity index (χ1v) is 5.59. The van der Waals surface area contributed by atoms with E-state index >= 15 is 0 Å². The van der Waals surface area contributed by atoms with Crippen LogP contribution >= 0.6 is 0 Å². The zero-order chi connectivity index (χ0) is 12.3. The molecule has 1 unspecified atom stereocenters. The first-order chi connectivity index (χ1) is 8.18. The van der Waals surface area contributed by atoms with Crippen molar-refractivity contribution in [3.05, 3.63) is 24.2 Å². The van der Waals surface area contributed by atoms with Gasteiger partial charge in [0.05, 0.1) is 18.9 Å². The summed E-state index contributed by atoms with van der Waals surface area (Å²) in [7, 11) is 0. The van der Waals surface area contributed by atoms with E-state index in [0.29, 0.717) is 18.6 Å². The number of nitrogens with one attached hydrogen (secondary N) is 1. The summed E-state index contributed by atoms with van der Waals surface area (Å²) in [6.07, 6.45) is 2.70. The van der Waals surface area contributed by atoms with Gasteiger partial charge in [0.25, 0.3) is 0 Å². The van der Waals surface area contributed by atoms with Crippen LogP contribution < -0.4 is 5.32 Å². The van der Waals surface area contributed by atoms with E-state index in [1.54, 1.807) is 12.1 Å². The molecule has 5 heteroatoms. The Labute approximate surface area is 99.0 Å². The SMILES string of the molecule is N#CC1(C(=O)NCC(O)c2ccco2)CCC1. The highest BCUT2D eigenvalue weighted by Crippen LogP contribution is 2.40. The number of hydrogen-bond acceptors (Lipinski definition) is 4. The van der Waals surface area contributed by atoms with Crippen LogP contribution in [0.25, 0.3) is 0 Å². The minimum Gasteiger partial charge on any atom is -0.467 e. The molecule has 0 aliphatic heterocycles. The fourth-order valence-corrected chi connectivity index (χ4v) is 1.86. The average Bonchev–Trinajstić information content (AvgIpc) is 2.78. The molecule has 1 atom stereocenters. The molecule has 1 amide bonds. The molecule has 0 radical (unpaired) electrons. The number of nitriles is 1. The van der Waals surface area contributed by atoms with Crippen molar-refractivity contribution in [3.63, 3.8) is 0 Å². The van der Waals surface area contributed by atoms with Crippen molar-refractivity contribution in [2.24, 2.45) is 5.41 Å². The third kappa shape index (κ3) is 2.17. The molecular weight excluding hydrogens is 220 g/mol. The first-order valence-electron chi connectivity index (χ1n) is 5.59. The van der Waals surface area contributed by atoms with Gasteiger partial charge < -0.3 is 14.8 Å². The summed E-state index contributed by atoms with van der Waals surface area (Å²) >= 11 is 0. The Morgan fingerprint density at radius 3 is 2.94 bits per heavy atom. The molecule has 0 bridgehead atoms. The van der Waals surface area contributed by atoms with Crippen molar-refractivity contribution in [2.45, 2.75) is 25.4 Å². The van der Waals surface area contributed by atoms with E-state index in [-0.39, 0.29) is 12.5 Å². The largest absolute Gasteiger partial charge is 0.467 e. The van der Waals surface area contributed by atoms with Crippen molar-refractivity contribution >= 4 is 5.91 Å². The van der Waals surface area contributed by atoms with Crippen LogP contribution in [0.2, 0.25) is 0 Å². The van der Waals surface area contributed by atoms with Gasteiger partial charge in [-0.25, -0.2) is 0 Å². The summed E-state index contributed by atoms with van der Waals surface area (Å²) in [5.41, 5.74) is -0.872. The van der Waals surface area contributed by atoms with Crippen LogP contribution in [0, 0.1) is 16.7 Å². The number of nitrogens with zero attached hydrogens (tertiary/aromatic N) is 1. The fraction of sp³-hybridized carbons (Fsp3) is 0.500. The lowest BCUT2D eigenvalue weighted by Crippen LogP contribution is -2.45. The molecule has 17 heavy (non-hydrogen) atoms. The maximum absolute atomic E-state index is 11.8. The molecule has 1 fully saturated rings. The molecule has 2 N–H and O–H groups in total. The second-order valence-corrected chi connectivity index (χ2v) is 4.29. The molecule has 0 saturated heterocycles. The lowest BCUT2D eigenvalue weighted by molar-refractivity contribution is -0.132. The number of hydrogen-bond donors (Lipinski definition) is 2. The number of aliphatic hydroxyl groups excluding tert-OH is 1. The highest BCUT2D eigenvalue weighted by molar-refractivity contribution is 5.86. The molecule has 1 saturated carbocycles. The Morgan fingerprint density at radius 1 is 1.71 bits per heavy atom. The summed E-state index contributed by atoms with van der Waals surface area (Å²) in [5.74, 6) is 0.113. The van der Waals surface area contributed by atoms with Crippen LogP contribution in [0.1, 0.15) is 31.1 Å². The zero-order valence-electron chi connectivity index (χ0n) is 9.35. The van der Waals surface area contributed by atoms with Crippen molar-refractivity contribution in [2.75, 3.05) is 6.54 Å². The number of aliphatic hydroxyl groups is 1. The Hall–Kier alpha value is -1.80. The van der Waals surface area contributed by atoms with Gasteiger partial charge in [0.2, 0.25) is 5.91 Å². The van der Waals surface area contributed by atoms with Gasteiger partial charge in [-0.05, 0) is 31.4 Å². The third-order valence-electron chi connectivity index (χ3n) is 3.18. The van der Waals surface area contributed by atoms with Crippen LogP contribution in [0.5, 0.6) is 0 Å². The van der Waals surface area contributed by atoms with E-state index in [1.807, 2.05) is 0 Å². The van der Waals surface area contributed by atoms with E-state index in [1.165, 1.54) is 6.26 Å². The molecule has 90 valence electrons. The van der Waals surface area contributed by atoms with E-state index in [4.69, 9.17) is 9.68 Å². The molecule has 1 aliphatic rings. The predicted octanol–water partition coefficient (Wildman–Crippen LogP) is 1.12. The monoisotopic (exact) mass is 234 g/mol. The topological polar surface area (TPSA) is 86.3 Å². The molecule has 1 aliphatic carbocycles. The first kappa shape index (κ1) is 11.7. The lowest BCUT2D eigenvalue weighted by atomic mass is 9.69. The fourth-order valence-electron chi connectivity index (χ4n) is 1.86. The van der Waals surface area contributed by atoms with Gasteiger partial charge in [0, 0.05) is 0 Å². The van der Waals surface area contributed by atoms with Crippen molar-refractivity contribution in [1.29, 1.82) is 5.26 Å². The van der Waals surface area contributed by atoms with Crippen LogP contribution in [0.4, 0.5) is 0 Å². The molecule has 5 nitrogen and oxygen atoms in total. The van der Waals surface area contributed by atoms with Crippen LogP contribution in [0.15, 0.2) is 22.8 Å². The number of furan rings is 1. The number of amides is 1. The van der Waals surface area contributed by atoms with Crippen LogP contribution in [0.3, 0.4) is 0 Å². The molecule has 0 spiro atoms. The summed E-state index contributed by atoms with van der Waals surface area (Å²) in [6.45, 7) is 0.0653. The standard InChI is InChI=1S/C12H14N2O3/c13-8-12(4-2-5-12)11(16)14-7-9(15)10-3-1-6-17-10/h1,3,6,9,15H,2,4-5,7H2,(H,14,16). The van der Waals surface area contributed by atoms with Gasteiger partial charge in [-0.3, -0.25) is 4.79 Å². The minimum absolute atomic E-state index is 0.0653. The number of rotatable bonds is 4. The number of carbonyl (C=O) groups is 1. The van der Waals surface area contributed by atoms with Gasteiger partial charge in [-0.2, -0.15) is 5.26 Å². The molecule has 0 aromatic carbocycles. The van der Waals surface area contributed by atoms with Gasteiger partial charge in [-0.1, -0.05) is 0 Å². The normalized spacial score (nSPS) is 18.8. The van der Waals surface area contributed by atoms with Gasteiger partial charge in [0.15, 0.2) is 0 Å². The molecule has 1 aromatic heterocycles. The predicted molar refractivity (Wildman–Crippen MR) is 58.6 cm³/mol. The quantitative estimate of drug-likeness (QED) is 0.817. The second-order valence-electron chi connectivity index (χ2n) is 4.29. The summed E-state index contributed by atoms with van der Waals surface area (Å²) < 4.78 is 5.01. The Bertz CT molecular complexity index is 429. The Balaban J connectivity index is 1.87. The average molecular weight is 234 g/mol. The highest BCUT2D eigenvalue weighted by Gasteiger charge is 2.44. The van der Waals surface area contributed by atoms with Gasteiger partial charge in [0.1, 0.15) is 17.3 Å². The van der Waals surface area contributed by atoms with Crippen molar-refractivity contribution in [1.82, 2.24) is 5.32 Å². The summed E-state index contributed by atoms with van der Waals surface area (Å²) in [5, 5.41) is 21.3. The van der Waals surface area contributed by atoms with Crippen LogP contribution in [-0.4, -0.2) is 17.6 Å². The van der Waals surface area contributed by atoms with E-state index < -0.39 is 11.5 Å². The Morgan fingerprint density at radius 2 is 2.47 bits per heavy atom. The van der Waals surface area contributed by atoms with E-state index in [0.717, 1.165) is 6.42 Å². The molecule has 1 heterocycles. The number of carbonyl (C=O) groups excluding carboxylic acids is 1. The molecular formula is C12H14N2O3. The second kappa shape index (κ2) is 4.60. The minimum atomic E-state index is -0.872. The van der Waals surface area contributed by atoms with E-state index in [2.05, 4.69) is 11.4 Å².